The Hall–Kier alpha value is -4.36. The molecule has 1 aliphatic rings. The molecule has 0 spiro atoms. The van der Waals surface area contributed by atoms with Gasteiger partial charge in [0.15, 0.2) is 0 Å². The first kappa shape index (κ1) is 21.0. The predicted octanol–water partition coefficient (Wildman–Crippen LogP) is 6.16. The summed E-state index contributed by atoms with van der Waals surface area (Å²) in [6.45, 7) is 1.99. The first-order chi connectivity index (χ1) is 17.8. The number of hydrogen-bond donors (Lipinski definition) is 3. The zero-order valence-corrected chi connectivity index (χ0v) is 19.6. The summed E-state index contributed by atoms with van der Waals surface area (Å²) < 4.78 is 11.5. The van der Waals surface area contributed by atoms with Crippen LogP contribution < -0.4 is 10.1 Å². The molecule has 3 N–H and O–H groups in total. The van der Waals surface area contributed by atoms with Crippen LogP contribution in [0, 0.1) is 0 Å². The SMILES string of the molecule is c1cc(-c2ccoc2)c2cc(-c3n[nH]c4ccc(-c5cncc(OC6CCNCC6)c5)cc34)[nH]c2c1. The summed E-state index contributed by atoms with van der Waals surface area (Å²) in [6, 6.07) is 18.8. The molecule has 4 aromatic heterocycles. The first-order valence-electron chi connectivity index (χ1n) is 12.3. The van der Waals surface area contributed by atoms with Crippen molar-refractivity contribution in [3.8, 4) is 39.4 Å². The number of piperidine rings is 1. The number of furan rings is 1. The highest BCUT2D eigenvalue weighted by molar-refractivity contribution is 6.01. The molecule has 7 nitrogen and oxygen atoms in total. The van der Waals surface area contributed by atoms with Crippen molar-refractivity contribution >= 4 is 21.8 Å². The van der Waals surface area contributed by atoms with E-state index in [0.717, 1.165) is 87.1 Å². The van der Waals surface area contributed by atoms with Gasteiger partial charge in [-0.3, -0.25) is 10.1 Å². The van der Waals surface area contributed by atoms with Gasteiger partial charge >= 0.3 is 0 Å². The Balaban J connectivity index is 1.26. The number of fused-ring (bicyclic) bond motifs is 2. The van der Waals surface area contributed by atoms with E-state index in [0.29, 0.717) is 0 Å². The van der Waals surface area contributed by atoms with Crippen LogP contribution in [0.5, 0.6) is 5.75 Å². The Morgan fingerprint density at radius 1 is 0.861 bits per heavy atom. The molecule has 0 unspecified atom stereocenters. The number of nitrogens with zero attached hydrogens (tertiary/aromatic N) is 2. The minimum Gasteiger partial charge on any atom is -0.489 e. The van der Waals surface area contributed by atoms with Crippen LogP contribution in [0.15, 0.2) is 83.9 Å². The van der Waals surface area contributed by atoms with Crippen LogP contribution in [0.1, 0.15) is 12.8 Å². The molecule has 0 amide bonds. The molecule has 1 aliphatic heterocycles. The Morgan fingerprint density at radius 3 is 2.69 bits per heavy atom. The smallest absolute Gasteiger partial charge is 0.138 e. The summed E-state index contributed by atoms with van der Waals surface area (Å²) >= 11 is 0. The molecule has 2 aromatic carbocycles. The molecule has 1 fully saturated rings. The lowest BCUT2D eigenvalue weighted by atomic mass is 10.0. The largest absolute Gasteiger partial charge is 0.489 e. The highest BCUT2D eigenvalue weighted by Gasteiger charge is 2.17. The molecule has 7 heteroatoms. The molecule has 7 rings (SSSR count). The number of aromatic amines is 2. The average Bonchev–Trinajstić information content (AvgIpc) is 3.68. The molecule has 0 saturated carbocycles. The molecular formula is C29H25N5O2. The highest BCUT2D eigenvalue weighted by atomic mass is 16.5. The van der Waals surface area contributed by atoms with E-state index in [1.54, 1.807) is 18.7 Å². The zero-order chi connectivity index (χ0) is 23.9. The van der Waals surface area contributed by atoms with E-state index in [1.807, 2.05) is 12.3 Å². The minimum absolute atomic E-state index is 0.236. The van der Waals surface area contributed by atoms with Crippen molar-refractivity contribution in [3.05, 3.63) is 79.5 Å². The van der Waals surface area contributed by atoms with Crippen LogP contribution in [0.25, 0.3) is 55.4 Å². The summed E-state index contributed by atoms with van der Waals surface area (Å²) in [6.07, 6.45) is 9.43. The van der Waals surface area contributed by atoms with Crippen LogP contribution in [0.3, 0.4) is 0 Å². The fraction of sp³-hybridized carbons (Fsp3) is 0.172. The number of aromatic nitrogens is 4. The van der Waals surface area contributed by atoms with Gasteiger partial charge in [0.05, 0.1) is 29.9 Å². The van der Waals surface area contributed by atoms with Gasteiger partial charge in [0.25, 0.3) is 0 Å². The van der Waals surface area contributed by atoms with E-state index in [2.05, 4.69) is 74.0 Å². The van der Waals surface area contributed by atoms with Gasteiger partial charge in [0.2, 0.25) is 0 Å². The third-order valence-electron chi connectivity index (χ3n) is 6.95. The van der Waals surface area contributed by atoms with Gasteiger partial charge in [0, 0.05) is 33.6 Å². The number of pyridine rings is 1. The van der Waals surface area contributed by atoms with E-state index in [9.17, 15) is 0 Å². The van der Waals surface area contributed by atoms with Gasteiger partial charge in [-0.1, -0.05) is 18.2 Å². The van der Waals surface area contributed by atoms with E-state index >= 15 is 0 Å². The standard InChI is InChI=1S/C29H25N5O2/c1-2-23(19-8-11-35-17-19)24-14-28(32-26(24)3-1)29-25-13-18(4-5-27(25)33-34-29)20-12-22(16-31-15-20)36-21-6-9-30-10-7-21/h1-5,8,11-17,21,30,32H,6-7,9-10H2,(H,33,34). The van der Waals surface area contributed by atoms with Crippen LogP contribution in [-0.4, -0.2) is 39.4 Å². The number of hydrogen-bond acceptors (Lipinski definition) is 5. The topological polar surface area (TPSA) is 91.8 Å². The third kappa shape index (κ3) is 3.74. The molecular weight excluding hydrogens is 450 g/mol. The lowest BCUT2D eigenvalue weighted by Gasteiger charge is -2.23. The van der Waals surface area contributed by atoms with Crippen LogP contribution in [0.2, 0.25) is 0 Å². The van der Waals surface area contributed by atoms with Gasteiger partial charge in [-0.2, -0.15) is 5.10 Å². The Morgan fingerprint density at radius 2 is 1.81 bits per heavy atom. The first-order valence-corrected chi connectivity index (χ1v) is 12.3. The number of rotatable bonds is 5. The maximum absolute atomic E-state index is 6.23. The molecule has 0 atom stereocenters. The van der Waals surface area contributed by atoms with Crippen molar-refractivity contribution in [2.75, 3.05) is 13.1 Å². The van der Waals surface area contributed by atoms with Crippen LogP contribution in [0.4, 0.5) is 0 Å². The molecule has 0 bridgehead atoms. The zero-order valence-electron chi connectivity index (χ0n) is 19.6. The van der Waals surface area contributed by atoms with Crippen molar-refractivity contribution < 1.29 is 9.15 Å². The molecule has 0 aliphatic carbocycles. The second-order valence-corrected chi connectivity index (χ2v) is 9.27. The summed E-state index contributed by atoms with van der Waals surface area (Å²) in [5, 5.41) is 13.4. The molecule has 0 radical (unpaired) electrons. The van der Waals surface area contributed by atoms with Crippen molar-refractivity contribution in [1.82, 2.24) is 25.5 Å². The molecule has 178 valence electrons. The Labute approximate surface area is 207 Å². The maximum atomic E-state index is 6.23. The lowest BCUT2D eigenvalue weighted by Crippen LogP contribution is -2.34. The van der Waals surface area contributed by atoms with Gasteiger partial charge in [-0.05, 0) is 73.5 Å². The van der Waals surface area contributed by atoms with Crippen LogP contribution >= 0.6 is 0 Å². The number of H-pyrrole nitrogens is 2. The average molecular weight is 476 g/mol. The number of benzene rings is 2. The van der Waals surface area contributed by atoms with Crippen LogP contribution in [-0.2, 0) is 0 Å². The second-order valence-electron chi connectivity index (χ2n) is 9.27. The highest BCUT2D eigenvalue weighted by Crippen LogP contribution is 2.35. The molecule has 5 heterocycles. The normalized spacial score (nSPS) is 14.6. The molecule has 36 heavy (non-hydrogen) atoms. The Bertz CT molecular complexity index is 1660. The van der Waals surface area contributed by atoms with Crippen molar-refractivity contribution in [2.45, 2.75) is 18.9 Å². The van der Waals surface area contributed by atoms with Gasteiger partial charge in [-0.15, -0.1) is 0 Å². The summed E-state index contributed by atoms with van der Waals surface area (Å²) in [5.74, 6) is 0.814. The monoisotopic (exact) mass is 475 g/mol. The summed E-state index contributed by atoms with van der Waals surface area (Å²) in [5.41, 5.74) is 8.17. The fourth-order valence-corrected chi connectivity index (χ4v) is 5.10. The minimum atomic E-state index is 0.236. The second kappa shape index (κ2) is 8.70. The predicted molar refractivity (Wildman–Crippen MR) is 141 cm³/mol. The van der Waals surface area contributed by atoms with E-state index in [1.165, 1.54) is 0 Å². The van der Waals surface area contributed by atoms with E-state index in [-0.39, 0.29) is 6.10 Å². The summed E-state index contributed by atoms with van der Waals surface area (Å²) in [7, 11) is 0. The number of nitrogens with one attached hydrogen (secondary N) is 3. The maximum Gasteiger partial charge on any atom is 0.138 e. The van der Waals surface area contributed by atoms with Gasteiger partial charge in [-0.25, -0.2) is 0 Å². The number of ether oxygens (including phenoxy) is 1. The van der Waals surface area contributed by atoms with E-state index in [4.69, 9.17) is 9.15 Å². The molecule has 6 aromatic rings. The van der Waals surface area contributed by atoms with Gasteiger partial charge < -0.3 is 19.5 Å². The van der Waals surface area contributed by atoms with E-state index < -0.39 is 0 Å². The van der Waals surface area contributed by atoms with Crippen molar-refractivity contribution in [2.24, 2.45) is 0 Å². The van der Waals surface area contributed by atoms with Gasteiger partial charge in [0.1, 0.15) is 17.5 Å². The lowest BCUT2D eigenvalue weighted by molar-refractivity contribution is 0.162. The Kier molecular flexibility index (Phi) is 5.06. The van der Waals surface area contributed by atoms with Crippen molar-refractivity contribution in [1.29, 1.82) is 0 Å². The molecule has 1 saturated heterocycles. The quantitative estimate of drug-likeness (QED) is 0.278. The fourth-order valence-electron chi connectivity index (χ4n) is 5.10. The third-order valence-corrected chi connectivity index (χ3v) is 6.95. The summed E-state index contributed by atoms with van der Waals surface area (Å²) in [4.78, 5) is 8.02. The van der Waals surface area contributed by atoms with Crippen molar-refractivity contribution in [3.63, 3.8) is 0 Å².